The normalized spacial score (nSPS) is 16.1. The minimum absolute atomic E-state index is 0.138. The number of hydrogen-bond acceptors (Lipinski definition) is 5. The fourth-order valence-corrected chi connectivity index (χ4v) is 3.74. The molecule has 0 unspecified atom stereocenters. The predicted octanol–water partition coefficient (Wildman–Crippen LogP) is 4.26. The molecule has 0 saturated carbocycles. The Hall–Kier alpha value is -2.51. The Balaban J connectivity index is 2.10. The van der Waals surface area contributed by atoms with E-state index in [0.29, 0.717) is 47.6 Å². The number of benzene rings is 1. The lowest BCUT2D eigenvalue weighted by molar-refractivity contribution is 0.0693. The van der Waals surface area contributed by atoms with Gasteiger partial charge in [-0.3, -0.25) is 4.79 Å². The van der Waals surface area contributed by atoms with Gasteiger partial charge < -0.3 is 23.9 Å². The molecule has 8 heteroatoms. The maximum absolute atomic E-state index is 12.5. The Bertz CT molecular complexity index is 986. The summed E-state index contributed by atoms with van der Waals surface area (Å²) in [5, 5.41) is 9.81. The summed E-state index contributed by atoms with van der Waals surface area (Å²) in [5.74, 6) is -0.0170. The molecule has 162 valence electrons. The summed E-state index contributed by atoms with van der Waals surface area (Å²) in [6.45, 7) is 5.49. The molecule has 0 saturated heterocycles. The molecule has 0 aliphatic carbocycles. The zero-order valence-corrected chi connectivity index (χ0v) is 18.1. The fraction of sp³-hybridized carbons (Fsp3) is 0.455. The number of nitrogens with zero attached hydrogens (tertiary/aromatic N) is 1. The number of carboxylic acids is 1. The molecule has 2 aromatic rings. The molecule has 0 radical (unpaired) electrons. The highest BCUT2D eigenvalue weighted by Gasteiger charge is 2.28. The topological polar surface area (TPSA) is 87.0 Å². The second kappa shape index (κ2) is 9.53. The minimum atomic E-state index is -1.25. The summed E-state index contributed by atoms with van der Waals surface area (Å²) >= 11 is 6.45. The molecule has 3 rings (SSSR count). The van der Waals surface area contributed by atoms with E-state index in [1.807, 2.05) is 4.57 Å². The smallest absolute Gasteiger partial charge is 0.341 e. The van der Waals surface area contributed by atoms with Crippen molar-refractivity contribution in [3.63, 3.8) is 0 Å². The fourth-order valence-electron chi connectivity index (χ4n) is 3.52. The van der Waals surface area contributed by atoms with E-state index in [9.17, 15) is 14.7 Å². The van der Waals surface area contributed by atoms with Crippen molar-refractivity contribution in [3.05, 3.63) is 45.2 Å². The summed E-state index contributed by atoms with van der Waals surface area (Å²) < 4.78 is 18.7. The zero-order valence-electron chi connectivity index (χ0n) is 17.3. The number of pyridine rings is 1. The molecule has 7 nitrogen and oxygen atoms in total. The van der Waals surface area contributed by atoms with Crippen LogP contribution in [0.5, 0.6) is 11.5 Å². The summed E-state index contributed by atoms with van der Waals surface area (Å²) in [4.78, 5) is 24.0. The van der Waals surface area contributed by atoms with Crippen LogP contribution in [0.15, 0.2) is 29.2 Å². The predicted molar refractivity (Wildman–Crippen MR) is 114 cm³/mol. The highest BCUT2D eigenvalue weighted by molar-refractivity contribution is 6.32. The Labute approximate surface area is 180 Å². The molecule has 1 N–H and O–H groups in total. The van der Waals surface area contributed by atoms with Gasteiger partial charge in [-0.15, -0.1) is 0 Å². The number of aromatic nitrogens is 1. The molecule has 0 amide bonds. The first-order chi connectivity index (χ1) is 14.4. The first-order valence-electron chi connectivity index (χ1n) is 9.95. The van der Waals surface area contributed by atoms with Crippen molar-refractivity contribution in [1.29, 1.82) is 0 Å². The lowest BCUT2D eigenvalue weighted by Gasteiger charge is -2.26. The van der Waals surface area contributed by atoms with E-state index in [0.717, 1.165) is 12.8 Å². The van der Waals surface area contributed by atoms with Gasteiger partial charge in [0.2, 0.25) is 0 Å². The van der Waals surface area contributed by atoms with Gasteiger partial charge in [0.25, 0.3) is 0 Å². The molecule has 2 atom stereocenters. The number of halogens is 1. The number of hydrogen-bond donors (Lipinski definition) is 1. The van der Waals surface area contributed by atoms with E-state index in [1.165, 1.54) is 12.3 Å². The van der Waals surface area contributed by atoms with Gasteiger partial charge in [-0.25, -0.2) is 4.79 Å². The van der Waals surface area contributed by atoms with Crippen LogP contribution >= 0.6 is 11.6 Å². The third-order valence-corrected chi connectivity index (χ3v) is 5.73. The number of aromatic carboxylic acids is 1. The summed E-state index contributed by atoms with van der Waals surface area (Å²) in [6.07, 6.45) is 3.00. The molecule has 1 aliphatic heterocycles. The lowest BCUT2D eigenvalue weighted by atomic mass is 9.98. The van der Waals surface area contributed by atoms with Crippen LogP contribution in [0, 0.1) is 5.92 Å². The van der Waals surface area contributed by atoms with E-state index in [2.05, 4.69) is 13.8 Å². The maximum Gasteiger partial charge on any atom is 0.341 e. The van der Waals surface area contributed by atoms with Crippen molar-refractivity contribution in [1.82, 2.24) is 4.57 Å². The van der Waals surface area contributed by atoms with Crippen molar-refractivity contribution in [2.24, 2.45) is 5.92 Å². The molecular weight excluding hydrogens is 410 g/mol. The van der Waals surface area contributed by atoms with Crippen LogP contribution in [0.1, 0.15) is 43.1 Å². The number of carboxylic acid groups (broad SMARTS) is 1. The van der Waals surface area contributed by atoms with Crippen LogP contribution in [0.4, 0.5) is 0 Å². The molecule has 30 heavy (non-hydrogen) atoms. The van der Waals surface area contributed by atoms with Gasteiger partial charge >= 0.3 is 5.97 Å². The second-order valence-electron chi connectivity index (χ2n) is 7.39. The standard InChI is InChI=1S/C22H26ClNO6/c1-4-13(2)18-12-30-20-10-21(29-7-5-6-28-3)16(23)8-14(20)17-9-19(25)15(22(26)27)11-24(17)18/h8-11,13,18H,4-7,12H2,1-3H3,(H,26,27)/t13-,18+/m1/s1. The summed E-state index contributed by atoms with van der Waals surface area (Å²) in [6, 6.07) is 4.64. The first kappa shape index (κ1) is 22.2. The van der Waals surface area contributed by atoms with Gasteiger partial charge in [-0.05, 0) is 12.0 Å². The number of carbonyl (C=O) groups is 1. The highest BCUT2D eigenvalue weighted by Crippen LogP contribution is 2.42. The van der Waals surface area contributed by atoms with Gasteiger partial charge in [0.05, 0.1) is 23.4 Å². The SMILES string of the molecule is CC[C@@H](C)[C@@H]1COc2cc(OCCCOC)c(Cl)cc2-c2cc(=O)c(C(=O)O)cn21. The van der Waals surface area contributed by atoms with Crippen LogP contribution in [0.25, 0.3) is 11.3 Å². The van der Waals surface area contributed by atoms with Crippen LogP contribution in [-0.4, -0.2) is 42.6 Å². The van der Waals surface area contributed by atoms with Crippen molar-refractivity contribution in [2.45, 2.75) is 32.7 Å². The van der Waals surface area contributed by atoms with Gasteiger partial charge in [0.15, 0.2) is 5.43 Å². The quantitative estimate of drug-likeness (QED) is 0.623. The molecule has 0 fully saturated rings. The van der Waals surface area contributed by atoms with Gasteiger partial charge in [0, 0.05) is 44.0 Å². The monoisotopic (exact) mass is 435 g/mol. The van der Waals surface area contributed by atoms with E-state index >= 15 is 0 Å². The largest absolute Gasteiger partial charge is 0.492 e. The summed E-state index contributed by atoms with van der Waals surface area (Å²) in [7, 11) is 1.63. The van der Waals surface area contributed by atoms with Crippen LogP contribution < -0.4 is 14.9 Å². The molecule has 1 aromatic carbocycles. The second-order valence-corrected chi connectivity index (χ2v) is 7.79. The maximum atomic E-state index is 12.5. The Morgan fingerprint density at radius 1 is 1.37 bits per heavy atom. The molecule has 0 spiro atoms. The van der Waals surface area contributed by atoms with Crippen LogP contribution in [0.3, 0.4) is 0 Å². The Morgan fingerprint density at radius 2 is 2.13 bits per heavy atom. The molecular formula is C22H26ClNO6. The Kier molecular flexibility index (Phi) is 7.05. The van der Waals surface area contributed by atoms with E-state index in [-0.39, 0.29) is 17.5 Å². The van der Waals surface area contributed by atoms with Gasteiger partial charge in [-0.1, -0.05) is 31.9 Å². The van der Waals surface area contributed by atoms with Crippen LogP contribution in [-0.2, 0) is 4.74 Å². The molecule has 1 aromatic heterocycles. The lowest BCUT2D eigenvalue weighted by Crippen LogP contribution is -2.26. The van der Waals surface area contributed by atoms with Crippen molar-refractivity contribution >= 4 is 17.6 Å². The highest BCUT2D eigenvalue weighted by atomic mass is 35.5. The van der Waals surface area contributed by atoms with Crippen LogP contribution in [0.2, 0.25) is 5.02 Å². The molecule has 1 aliphatic rings. The third-order valence-electron chi connectivity index (χ3n) is 5.44. The van der Waals surface area contributed by atoms with Gasteiger partial charge in [0.1, 0.15) is 23.7 Å². The zero-order chi connectivity index (χ0) is 21.8. The average molecular weight is 436 g/mol. The molecule has 0 bridgehead atoms. The van der Waals surface area contributed by atoms with E-state index in [1.54, 1.807) is 19.2 Å². The van der Waals surface area contributed by atoms with E-state index in [4.69, 9.17) is 25.8 Å². The van der Waals surface area contributed by atoms with Crippen molar-refractivity contribution < 1.29 is 24.1 Å². The summed E-state index contributed by atoms with van der Waals surface area (Å²) in [5.41, 5.74) is 0.389. The Morgan fingerprint density at radius 3 is 2.80 bits per heavy atom. The van der Waals surface area contributed by atoms with Crippen molar-refractivity contribution in [3.8, 4) is 22.8 Å². The van der Waals surface area contributed by atoms with E-state index < -0.39 is 11.4 Å². The molecule has 2 heterocycles. The minimum Gasteiger partial charge on any atom is -0.492 e. The number of methoxy groups -OCH3 is 1. The number of fused-ring (bicyclic) bond motifs is 3. The van der Waals surface area contributed by atoms with Gasteiger partial charge in [-0.2, -0.15) is 0 Å². The number of rotatable bonds is 8. The first-order valence-corrected chi connectivity index (χ1v) is 10.3. The third kappa shape index (κ3) is 4.47. The average Bonchev–Trinajstić information content (AvgIpc) is 2.86. The number of ether oxygens (including phenoxy) is 3. The van der Waals surface area contributed by atoms with Crippen molar-refractivity contribution in [2.75, 3.05) is 26.9 Å².